The van der Waals surface area contributed by atoms with Crippen molar-refractivity contribution in [1.82, 2.24) is 34.4 Å². The Kier molecular flexibility index (Phi) is 4.03. The molecule has 3 aromatic rings. The van der Waals surface area contributed by atoms with Gasteiger partial charge in [0.1, 0.15) is 18.1 Å². The SMILES string of the molecule is O=C(c1ccc[nH]1)N1CCC(c2nnc(Cn3cccn3)n2C2CC2)CC1. The van der Waals surface area contributed by atoms with Gasteiger partial charge in [0.2, 0.25) is 0 Å². The molecule has 0 bridgehead atoms. The third-order valence-electron chi connectivity index (χ3n) is 5.54. The Morgan fingerprint density at radius 1 is 1.15 bits per heavy atom. The van der Waals surface area contributed by atoms with E-state index in [4.69, 9.17) is 0 Å². The predicted molar refractivity (Wildman–Crippen MR) is 98.3 cm³/mol. The van der Waals surface area contributed by atoms with E-state index in [2.05, 4.69) is 24.8 Å². The number of hydrogen-bond donors (Lipinski definition) is 1. The fourth-order valence-corrected chi connectivity index (χ4v) is 3.97. The summed E-state index contributed by atoms with van der Waals surface area (Å²) in [4.78, 5) is 17.5. The van der Waals surface area contributed by atoms with Gasteiger partial charge in [-0.3, -0.25) is 9.48 Å². The maximum absolute atomic E-state index is 12.5. The van der Waals surface area contributed by atoms with Crippen molar-refractivity contribution in [3.05, 3.63) is 54.1 Å². The van der Waals surface area contributed by atoms with Crippen LogP contribution in [0.1, 0.15) is 59.8 Å². The van der Waals surface area contributed by atoms with Crippen LogP contribution in [0.4, 0.5) is 0 Å². The Bertz CT molecular complexity index is 900. The van der Waals surface area contributed by atoms with Crippen molar-refractivity contribution in [2.24, 2.45) is 0 Å². The average Bonchev–Trinajstić information content (AvgIpc) is 3.12. The van der Waals surface area contributed by atoms with E-state index in [9.17, 15) is 4.79 Å². The van der Waals surface area contributed by atoms with Crippen LogP contribution >= 0.6 is 0 Å². The first kappa shape index (κ1) is 16.3. The van der Waals surface area contributed by atoms with Crippen LogP contribution in [0.15, 0.2) is 36.8 Å². The monoisotopic (exact) mass is 365 g/mol. The van der Waals surface area contributed by atoms with Gasteiger partial charge in [0, 0.05) is 43.6 Å². The molecule has 0 unspecified atom stereocenters. The first-order valence-electron chi connectivity index (χ1n) is 9.63. The van der Waals surface area contributed by atoms with Gasteiger partial charge in [-0.2, -0.15) is 5.10 Å². The van der Waals surface area contributed by atoms with Crippen LogP contribution in [0.5, 0.6) is 0 Å². The highest BCUT2D eigenvalue weighted by atomic mass is 16.2. The molecular weight excluding hydrogens is 342 g/mol. The lowest BCUT2D eigenvalue weighted by Crippen LogP contribution is -2.38. The number of nitrogens with zero attached hydrogens (tertiary/aromatic N) is 6. The highest BCUT2D eigenvalue weighted by Gasteiger charge is 2.34. The summed E-state index contributed by atoms with van der Waals surface area (Å²) >= 11 is 0. The number of amides is 1. The minimum atomic E-state index is 0.0847. The van der Waals surface area contributed by atoms with Gasteiger partial charge in [-0.1, -0.05) is 0 Å². The number of nitrogens with one attached hydrogen (secondary N) is 1. The van der Waals surface area contributed by atoms with E-state index in [0.29, 0.717) is 24.2 Å². The van der Waals surface area contributed by atoms with Crippen LogP contribution < -0.4 is 0 Å². The van der Waals surface area contributed by atoms with Gasteiger partial charge in [0.05, 0.1) is 0 Å². The summed E-state index contributed by atoms with van der Waals surface area (Å²) in [6.45, 7) is 2.17. The molecule has 1 aliphatic heterocycles. The lowest BCUT2D eigenvalue weighted by Gasteiger charge is -2.31. The Hall–Kier alpha value is -2.90. The van der Waals surface area contributed by atoms with Crippen LogP contribution in [-0.2, 0) is 6.54 Å². The highest BCUT2D eigenvalue weighted by Crippen LogP contribution is 2.40. The van der Waals surface area contributed by atoms with Crippen molar-refractivity contribution in [3.63, 3.8) is 0 Å². The zero-order valence-corrected chi connectivity index (χ0v) is 15.2. The first-order valence-corrected chi connectivity index (χ1v) is 9.63. The van der Waals surface area contributed by atoms with Crippen LogP contribution in [0.2, 0.25) is 0 Å². The third-order valence-corrected chi connectivity index (χ3v) is 5.54. The fourth-order valence-electron chi connectivity index (χ4n) is 3.97. The molecule has 8 nitrogen and oxygen atoms in total. The van der Waals surface area contributed by atoms with Gasteiger partial charge < -0.3 is 14.5 Å². The summed E-state index contributed by atoms with van der Waals surface area (Å²) < 4.78 is 4.24. The number of hydrogen-bond acceptors (Lipinski definition) is 4. The molecule has 0 spiro atoms. The minimum absolute atomic E-state index is 0.0847. The highest BCUT2D eigenvalue weighted by molar-refractivity contribution is 5.92. The predicted octanol–water partition coefficient (Wildman–Crippen LogP) is 2.21. The van der Waals surface area contributed by atoms with E-state index >= 15 is 0 Å². The second-order valence-corrected chi connectivity index (χ2v) is 7.43. The minimum Gasteiger partial charge on any atom is -0.357 e. The molecular formula is C19H23N7O. The van der Waals surface area contributed by atoms with Gasteiger partial charge in [0.15, 0.2) is 5.82 Å². The van der Waals surface area contributed by atoms with Crippen molar-refractivity contribution in [1.29, 1.82) is 0 Å². The number of aromatic amines is 1. The first-order chi connectivity index (χ1) is 13.3. The van der Waals surface area contributed by atoms with Gasteiger partial charge >= 0.3 is 0 Å². The van der Waals surface area contributed by atoms with E-state index < -0.39 is 0 Å². The number of piperidine rings is 1. The van der Waals surface area contributed by atoms with E-state index in [1.54, 1.807) is 12.4 Å². The molecule has 0 radical (unpaired) electrons. The normalized spacial score (nSPS) is 18.1. The molecule has 1 saturated carbocycles. The number of aromatic nitrogens is 6. The molecule has 5 rings (SSSR count). The average molecular weight is 365 g/mol. The maximum atomic E-state index is 12.5. The molecule has 3 aromatic heterocycles. The molecule has 2 fully saturated rings. The molecule has 140 valence electrons. The third kappa shape index (κ3) is 3.15. The summed E-state index contributed by atoms with van der Waals surface area (Å²) in [7, 11) is 0. The quantitative estimate of drug-likeness (QED) is 0.751. The Morgan fingerprint density at radius 3 is 2.67 bits per heavy atom. The Balaban J connectivity index is 1.31. The van der Waals surface area contributed by atoms with Crippen molar-refractivity contribution >= 4 is 5.91 Å². The second-order valence-electron chi connectivity index (χ2n) is 7.43. The summed E-state index contributed by atoms with van der Waals surface area (Å²) in [6.07, 6.45) is 9.78. The Labute approximate surface area is 157 Å². The van der Waals surface area contributed by atoms with Gasteiger partial charge in [-0.15, -0.1) is 10.2 Å². The van der Waals surface area contributed by atoms with Crippen LogP contribution in [-0.4, -0.2) is 53.4 Å². The molecule has 2 aliphatic rings. The Morgan fingerprint density at radius 2 is 2.00 bits per heavy atom. The molecule has 0 aromatic carbocycles. The summed E-state index contributed by atoms with van der Waals surface area (Å²) in [6, 6.07) is 6.15. The molecule has 1 N–H and O–H groups in total. The zero-order valence-electron chi connectivity index (χ0n) is 15.2. The smallest absolute Gasteiger partial charge is 0.270 e. The molecule has 1 aliphatic carbocycles. The molecule has 4 heterocycles. The molecule has 8 heteroatoms. The zero-order chi connectivity index (χ0) is 18.2. The number of H-pyrrole nitrogens is 1. The van der Waals surface area contributed by atoms with Crippen LogP contribution in [0, 0.1) is 0 Å². The number of rotatable bonds is 5. The molecule has 0 atom stereocenters. The molecule has 1 saturated heterocycles. The van der Waals surface area contributed by atoms with Crippen LogP contribution in [0.3, 0.4) is 0 Å². The molecule has 27 heavy (non-hydrogen) atoms. The standard InChI is InChI=1S/C19H23N7O/c27-19(16-3-1-8-20-16)24-11-6-14(7-12-24)18-23-22-17(26(18)15-4-5-15)13-25-10-2-9-21-25/h1-3,8-10,14-15,20H,4-7,11-13H2. The van der Waals surface area contributed by atoms with Gasteiger partial charge in [-0.25, -0.2) is 0 Å². The van der Waals surface area contributed by atoms with E-state index in [0.717, 1.165) is 37.6 Å². The van der Waals surface area contributed by atoms with Crippen molar-refractivity contribution < 1.29 is 4.79 Å². The lowest BCUT2D eigenvalue weighted by molar-refractivity contribution is 0.0705. The lowest BCUT2D eigenvalue weighted by atomic mass is 9.95. The van der Waals surface area contributed by atoms with Crippen molar-refractivity contribution in [3.8, 4) is 0 Å². The number of carbonyl (C=O) groups excluding carboxylic acids is 1. The maximum Gasteiger partial charge on any atom is 0.270 e. The van der Waals surface area contributed by atoms with Crippen molar-refractivity contribution in [2.45, 2.75) is 44.2 Å². The summed E-state index contributed by atoms with van der Waals surface area (Å²) in [5.74, 6) is 2.52. The fraction of sp³-hybridized carbons (Fsp3) is 0.474. The van der Waals surface area contributed by atoms with Crippen molar-refractivity contribution in [2.75, 3.05) is 13.1 Å². The van der Waals surface area contributed by atoms with Gasteiger partial charge in [-0.05, 0) is 43.9 Å². The topological polar surface area (TPSA) is 84.6 Å². The number of likely N-dealkylation sites (tertiary alicyclic amines) is 1. The summed E-state index contributed by atoms with van der Waals surface area (Å²) in [5.41, 5.74) is 0.663. The summed E-state index contributed by atoms with van der Waals surface area (Å²) in [5, 5.41) is 13.3. The largest absolute Gasteiger partial charge is 0.357 e. The van der Waals surface area contributed by atoms with E-state index in [1.807, 2.05) is 34.0 Å². The molecule has 1 amide bonds. The number of carbonyl (C=O) groups is 1. The van der Waals surface area contributed by atoms with Gasteiger partial charge in [0.25, 0.3) is 5.91 Å². The van der Waals surface area contributed by atoms with Crippen LogP contribution in [0.25, 0.3) is 0 Å². The second kappa shape index (κ2) is 6.68. The van der Waals surface area contributed by atoms with E-state index in [1.165, 1.54) is 12.8 Å². The van der Waals surface area contributed by atoms with E-state index in [-0.39, 0.29) is 5.91 Å².